The van der Waals surface area contributed by atoms with Crippen molar-refractivity contribution in [3.8, 4) is 0 Å². The average Bonchev–Trinajstić information content (AvgIpc) is 2.33. The number of Topliss-reactive ketones (excluding diaryl/α,β-unsaturated/α-hetero) is 1. The minimum Gasteiger partial charge on any atom is -0.307 e. The molecule has 3 nitrogen and oxygen atoms in total. The van der Waals surface area contributed by atoms with Gasteiger partial charge in [0, 0.05) is 13.1 Å². The first kappa shape index (κ1) is 8.68. The summed E-state index contributed by atoms with van der Waals surface area (Å²) >= 11 is 0. The number of carbonyl (C=O) groups excluding carboxylic acids is 1. The van der Waals surface area contributed by atoms with E-state index in [1.165, 1.54) is 0 Å². The van der Waals surface area contributed by atoms with E-state index in [1.54, 1.807) is 6.92 Å². The van der Waals surface area contributed by atoms with E-state index in [-0.39, 0.29) is 11.3 Å². The molecule has 1 heterocycles. The second-order valence-electron chi connectivity index (χ2n) is 3.38. The highest BCUT2D eigenvalue weighted by molar-refractivity contribution is 5.86. The topological polar surface area (TPSA) is 32.3 Å². The van der Waals surface area contributed by atoms with Crippen LogP contribution < -0.4 is 5.32 Å². The Morgan fingerprint density at radius 2 is 2.27 bits per heavy atom. The van der Waals surface area contributed by atoms with Crippen LogP contribution >= 0.6 is 0 Å². The summed E-state index contributed by atoms with van der Waals surface area (Å²) in [6.45, 7) is 3.52. The van der Waals surface area contributed by atoms with E-state index in [9.17, 15) is 4.79 Å². The van der Waals surface area contributed by atoms with E-state index in [0.29, 0.717) is 0 Å². The van der Waals surface area contributed by atoms with E-state index < -0.39 is 0 Å². The van der Waals surface area contributed by atoms with Gasteiger partial charge in [-0.2, -0.15) is 0 Å². The highest BCUT2D eigenvalue weighted by Crippen LogP contribution is 2.20. The number of carbonyl (C=O) groups is 1. The lowest BCUT2D eigenvalue weighted by Gasteiger charge is -2.24. The van der Waals surface area contributed by atoms with Crippen LogP contribution in [0, 0.1) is 0 Å². The van der Waals surface area contributed by atoms with Gasteiger partial charge >= 0.3 is 0 Å². The molecule has 1 aliphatic rings. The molecule has 1 saturated heterocycles. The molecule has 0 unspecified atom stereocenters. The zero-order valence-electron chi connectivity index (χ0n) is 7.48. The molecule has 0 aromatic carbocycles. The molecular weight excluding hydrogens is 140 g/mol. The number of likely N-dealkylation sites (tertiary alicyclic amines) is 1. The van der Waals surface area contributed by atoms with Crippen molar-refractivity contribution in [2.45, 2.75) is 18.9 Å². The lowest BCUT2D eigenvalue weighted by molar-refractivity contribution is -0.122. The number of likely N-dealkylation sites (N-methyl/N-ethyl adjacent to an activating group) is 2. The van der Waals surface area contributed by atoms with Crippen molar-refractivity contribution >= 4 is 5.78 Å². The van der Waals surface area contributed by atoms with Crippen molar-refractivity contribution in [2.24, 2.45) is 0 Å². The van der Waals surface area contributed by atoms with Gasteiger partial charge in [0.2, 0.25) is 0 Å². The minimum absolute atomic E-state index is 0.254. The molecule has 1 rings (SSSR count). The van der Waals surface area contributed by atoms with Crippen molar-refractivity contribution < 1.29 is 4.79 Å². The Labute approximate surface area is 67.8 Å². The van der Waals surface area contributed by atoms with E-state index in [2.05, 4.69) is 10.2 Å². The Bertz CT molecular complexity index is 169. The van der Waals surface area contributed by atoms with Crippen molar-refractivity contribution in [1.29, 1.82) is 0 Å². The number of hydrogen-bond acceptors (Lipinski definition) is 3. The lowest BCUT2D eigenvalue weighted by Crippen LogP contribution is -2.50. The summed E-state index contributed by atoms with van der Waals surface area (Å²) in [5.74, 6) is 0.254. The predicted octanol–water partition coefficient (Wildman–Crippen LogP) is -0.131. The summed E-state index contributed by atoms with van der Waals surface area (Å²) in [5.41, 5.74) is -0.255. The third-order valence-electron chi connectivity index (χ3n) is 2.61. The van der Waals surface area contributed by atoms with Gasteiger partial charge in [0.25, 0.3) is 0 Å². The van der Waals surface area contributed by atoms with Crippen LogP contribution in [0.25, 0.3) is 0 Å². The fourth-order valence-electron chi connectivity index (χ4n) is 1.67. The first-order chi connectivity index (χ1) is 5.10. The molecule has 1 N–H and O–H groups in total. The van der Waals surface area contributed by atoms with Crippen molar-refractivity contribution in [1.82, 2.24) is 10.2 Å². The second kappa shape index (κ2) is 2.91. The molecule has 0 amide bonds. The Kier molecular flexibility index (Phi) is 2.30. The molecule has 1 fully saturated rings. The van der Waals surface area contributed by atoms with Crippen LogP contribution in [0.4, 0.5) is 0 Å². The van der Waals surface area contributed by atoms with E-state index in [0.717, 1.165) is 19.5 Å². The van der Waals surface area contributed by atoms with E-state index in [1.807, 2.05) is 14.1 Å². The molecule has 1 atom stereocenters. The van der Waals surface area contributed by atoms with Gasteiger partial charge in [-0.3, -0.25) is 4.79 Å². The molecular formula is C8H16N2O. The summed E-state index contributed by atoms with van der Waals surface area (Å²) in [6.07, 6.45) is 0.940. The molecule has 0 saturated carbocycles. The Balaban J connectivity index is 2.70. The quantitative estimate of drug-likeness (QED) is 0.604. The molecule has 0 aromatic heterocycles. The summed E-state index contributed by atoms with van der Waals surface area (Å²) in [5, 5.41) is 3.12. The van der Waals surface area contributed by atoms with Gasteiger partial charge in [0.1, 0.15) is 0 Å². The molecule has 64 valence electrons. The third-order valence-corrected chi connectivity index (χ3v) is 2.61. The van der Waals surface area contributed by atoms with Gasteiger partial charge in [-0.15, -0.1) is 0 Å². The van der Waals surface area contributed by atoms with Gasteiger partial charge in [0.15, 0.2) is 5.78 Å². The predicted molar refractivity (Wildman–Crippen MR) is 44.6 cm³/mol. The standard InChI is InChI=1S/C8H16N2O/c1-7(11)8(9-2)4-5-10(3)6-8/h9H,4-6H2,1-3H3/t8-/m0/s1. The van der Waals surface area contributed by atoms with E-state index >= 15 is 0 Å². The monoisotopic (exact) mass is 156 g/mol. The molecule has 3 heteroatoms. The summed E-state index contributed by atoms with van der Waals surface area (Å²) in [4.78, 5) is 13.4. The maximum absolute atomic E-state index is 11.3. The summed E-state index contributed by atoms with van der Waals surface area (Å²) < 4.78 is 0. The Hall–Kier alpha value is -0.410. The van der Waals surface area contributed by atoms with Crippen molar-refractivity contribution in [3.05, 3.63) is 0 Å². The maximum atomic E-state index is 11.3. The molecule has 11 heavy (non-hydrogen) atoms. The Morgan fingerprint density at radius 3 is 2.45 bits per heavy atom. The SMILES string of the molecule is CN[C@@]1(C(C)=O)CCN(C)C1. The third kappa shape index (κ3) is 1.44. The van der Waals surface area contributed by atoms with E-state index in [4.69, 9.17) is 0 Å². The van der Waals surface area contributed by atoms with Gasteiger partial charge in [-0.1, -0.05) is 0 Å². The molecule has 0 bridgehead atoms. The van der Waals surface area contributed by atoms with Crippen LogP contribution in [0.5, 0.6) is 0 Å². The van der Waals surface area contributed by atoms with Gasteiger partial charge in [-0.05, 0) is 27.4 Å². The first-order valence-corrected chi connectivity index (χ1v) is 3.99. The number of hydrogen-bond donors (Lipinski definition) is 1. The zero-order valence-corrected chi connectivity index (χ0v) is 7.48. The minimum atomic E-state index is -0.255. The highest BCUT2D eigenvalue weighted by Gasteiger charge is 2.39. The normalized spacial score (nSPS) is 32.6. The molecule has 0 radical (unpaired) electrons. The van der Waals surface area contributed by atoms with Crippen LogP contribution in [0.15, 0.2) is 0 Å². The Morgan fingerprint density at radius 1 is 1.64 bits per heavy atom. The van der Waals surface area contributed by atoms with Crippen LogP contribution in [-0.2, 0) is 4.79 Å². The molecule has 0 spiro atoms. The van der Waals surface area contributed by atoms with Crippen LogP contribution in [0.1, 0.15) is 13.3 Å². The number of rotatable bonds is 2. The van der Waals surface area contributed by atoms with Crippen LogP contribution in [-0.4, -0.2) is 43.4 Å². The highest BCUT2D eigenvalue weighted by atomic mass is 16.1. The number of nitrogens with one attached hydrogen (secondary N) is 1. The van der Waals surface area contributed by atoms with Crippen molar-refractivity contribution in [3.63, 3.8) is 0 Å². The van der Waals surface area contributed by atoms with Crippen LogP contribution in [0.3, 0.4) is 0 Å². The van der Waals surface area contributed by atoms with Crippen molar-refractivity contribution in [2.75, 3.05) is 27.2 Å². The largest absolute Gasteiger partial charge is 0.307 e. The van der Waals surface area contributed by atoms with Gasteiger partial charge in [-0.25, -0.2) is 0 Å². The average molecular weight is 156 g/mol. The fourth-order valence-corrected chi connectivity index (χ4v) is 1.67. The first-order valence-electron chi connectivity index (χ1n) is 3.99. The molecule has 1 aliphatic heterocycles. The van der Waals surface area contributed by atoms with Gasteiger partial charge < -0.3 is 10.2 Å². The number of nitrogens with zero attached hydrogens (tertiary/aromatic N) is 1. The lowest BCUT2D eigenvalue weighted by atomic mass is 9.94. The van der Waals surface area contributed by atoms with Crippen LogP contribution in [0.2, 0.25) is 0 Å². The fraction of sp³-hybridized carbons (Fsp3) is 0.875. The molecule has 0 aromatic rings. The summed E-state index contributed by atoms with van der Waals surface area (Å²) in [7, 11) is 3.91. The zero-order chi connectivity index (χ0) is 8.48. The maximum Gasteiger partial charge on any atom is 0.151 e. The second-order valence-corrected chi connectivity index (χ2v) is 3.38. The summed E-state index contributed by atoms with van der Waals surface area (Å²) in [6, 6.07) is 0. The smallest absolute Gasteiger partial charge is 0.151 e. The number of ketones is 1. The van der Waals surface area contributed by atoms with Gasteiger partial charge in [0.05, 0.1) is 5.54 Å². The molecule has 0 aliphatic carbocycles.